The van der Waals surface area contributed by atoms with Crippen LogP contribution in [-0.2, 0) is 20.9 Å². The van der Waals surface area contributed by atoms with Crippen LogP contribution in [0.3, 0.4) is 0 Å². The van der Waals surface area contributed by atoms with Gasteiger partial charge in [0.05, 0.1) is 13.7 Å². The second-order valence-corrected chi connectivity index (χ2v) is 9.37. The van der Waals surface area contributed by atoms with E-state index >= 15 is 0 Å². The Morgan fingerprint density at radius 3 is 2.38 bits per heavy atom. The van der Waals surface area contributed by atoms with E-state index in [1.165, 1.54) is 24.9 Å². The van der Waals surface area contributed by atoms with Gasteiger partial charge in [0.25, 0.3) is 17.7 Å². The van der Waals surface area contributed by atoms with E-state index in [0.717, 1.165) is 36.2 Å². The Balaban J connectivity index is 1.52. The Kier molecular flexibility index (Phi) is 7.57. The molecular weight excluding hydrogens is 470 g/mol. The van der Waals surface area contributed by atoms with Gasteiger partial charge in [-0.3, -0.25) is 19.3 Å². The van der Waals surface area contributed by atoms with Crippen molar-refractivity contribution < 1.29 is 23.9 Å². The van der Waals surface area contributed by atoms with E-state index in [4.69, 9.17) is 0 Å². The van der Waals surface area contributed by atoms with Crippen molar-refractivity contribution in [2.75, 3.05) is 20.2 Å². The first-order valence-electron chi connectivity index (χ1n) is 12.4. The molecule has 1 aliphatic carbocycles. The van der Waals surface area contributed by atoms with Crippen molar-refractivity contribution >= 4 is 23.7 Å². The van der Waals surface area contributed by atoms with E-state index < -0.39 is 11.9 Å². The van der Waals surface area contributed by atoms with E-state index in [9.17, 15) is 19.2 Å². The summed E-state index contributed by atoms with van der Waals surface area (Å²) in [6.45, 7) is 11.0. The molecule has 1 N–H and O–H groups in total. The third-order valence-corrected chi connectivity index (χ3v) is 6.65. The van der Waals surface area contributed by atoms with Crippen LogP contribution in [0, 0.1) is 5.92 Å². The molecule has 2 aromatic rings. The molecule has 8 nitrogen and oxygen atoms in total. The highest BCUT2D eigenvalue weighted by molar-refractivity contribution is 6.08. The molecule has 2 aliphatic rings. The number of fused-ring (bicyclic) bond motifs is 1. The lowest BCUT2D eigenvalue weighted by molar-refractivity contribution is -0.137. The highest BCUT2D eigenvalue weighted by atomic mass is 16.5. The Morgan fingerprint density at radius 1 is 1.08 bits per heavy atom. The summed E-state index contributed by atoms with van der Waals surface area (Å²) < 4.78 is 4.54. The molecule has 0 saturated heterocycles. The number of amides is 3. The number of ether oxygens (including phenoxy) is 1. The van der Waals surface area contributed by atoms with Gasteiger partial charge in [0, 0.05) is 24.2 Å². The van der Waals surface area contributed by atoms with Crippen molar-refractivity contribution in [1.29, 1.82) is 0 Å². The van der Waals surface area contributed by atoms with Crippen LogP contribution in [0.25, 0.3) is 11.1 Å². The van der Waals surface area contributed by atoms with E-state index in [0.29, 0.717) is 17.0 Å². The van der Waals surface area contributed by atoms with Crippen molar-refractivity contribution in [1.82, 2.24) is 15.1 Å². The molecule has 0 radical (unpaired) electrons. The highest BCUT2D eigenvalue weighted by Gasteiger charge is 2.34. The van der Waals surface area contributed by atoms with Crippen LogP contribution in [0.2, 0.25) is 0 Å². The number of carbonyl (C=O) groups excluding carboxylic acids is 4. The minimum Gasteiger partial charge on any atom is -0.464 e. The van der Waals surface area contributed by atoms with Crippen LogP contribution >= 0.6 is 0 Å². The van der Waals surface area contributed by atoms with Crippen molar-refractivity contribution in [3.63, 3.8) is 0 Å². The van der Waals surface area contributed by atoms with Gasteiger partial charge in [-0.2, -0.15) is 0 Å². The summed E-state index contributed by atoms with van der Waals surface area (Å²) in [6.07, 6.45) is 3.29. The molecule has 0 atom stereocenters. The zero-order chi connectivity index (χ0) is 26.7. The van der Waals surface area contributed by atoms with Gasteiger partial charge in [0.2, 0.25) is 0 Å². The normalized spacial score (nSPS) is 14.1. The number of hydrogen-bond donors (Lipinski definition) is 1. The number of rotatable bonds is 10. The second-order valence-electron chi connectivity index (χ2n) is 9.37. The molecule has 1 heterocycles. The highest BCUT2D eigenvalue weighted by Crippen LogP contribution is 2.35. The van der Waals surface area contributed by atoms with Gasteiger partial charge in [-0.05, 0) is 60.1 Å². The van der Waals surface area contributed by atoms with Crippen LogP contribution in [0.1, 0.15) is 52.5 Å². The number of carbonyl (C=O) groups is 4. The minimum atomic E-state index is -0.785. The van der Waals surface area contributed by atoms with E-state index in [2.05, 4.69) is 30.1 Å². The monoisotopic (exact) mass is 501 g/mol. The predicted octanol–water partition coefficient (Wildman–Crippen LogP) is 3.89. The molecule has 3 amide bonds. The molecule has 0 bridgehead atoms. The molecule has 0 unspecified atom stereocenters. The van der Waals surface area contributed by atoms with Crippen molar-refractivity contribution in [2.24, 2.45) is 5.92 Å². The standard InChI is InChI=1S/C29H31N3O5/c1-5-15-31(16-20-9-10-20)27(34)22-13-11-21(12-14-22)23-7-6-8-24-25(23)17-32(28(24)35)19(3)26(33)30-18(2)29(36)37-4/h6-8,11-14,20H,2-3,5,9-10,15-17H2,1,4H3,(H,30,33). The molecule has 8 heteroatoms. The third-order valence-electron chi connectivity index (χ3n) is 6.65. The Hall–Kier alpha value is -4.20. The predicted molar refractivity (Wildman–Crippen MR) is 139 cm³/mol. The summed E-state index contributed by atoms with van der Waals surface area (Å²) >= 11 is 0. The van der Waals surface area contributed by atoms with Gasteiger partial charge < -0.3 is 15.0 Å². The lowest BCUT2D eigenvalue weighted by Gasteiger charge is -2.22. The van der Waals surface area contributed by atoms with Crippen LogP contribution in [0.5, 0.6) is 0 Å². The fourth-order valence-corrected chi connectivity index (χ4v) is 4.46. The van der Waals surface area contributed by atoms with E-state index in [-0.39, 0.29) is 29.8 Å². The van der Waals surface area contributed by atoms with Crippen LogP contribution in [0.4, 0.5) is 0 Å². The summed E-state index contributed by atoms with van der Waals surface area (Å²) in [4.78, 5) is 53.5. The summed E-state index contributed by atoms with van der Waals surface area (Å²) in [5.41, 5.74) is 3.21. The molecule has 4 rings (SSSR count). The molecule has 0 spiro atoms. The van der Waals surface area contributed by atoms with Gasteiger partial charge in [-0.1, -0.05) is 44.3 Å². The van der Waals surface area contributed by atoms with Crippen molar-refractivity contribution in [3.8, 4) is 11.1 Å². The topological polar surface area (TPSA) is 96.0 Å². The minimum absolute atomic E-state index is 0.0378. The lowest BCUT2D eigenvalue weighted by atomic mass is 9.96. The SMILES string of the molecule is C=C(NC(=O)C(=C)N1Cc2c(cccc2-c2ccc(C(=O)N(CCC)CC3CC3)cc2)C1=O)C(=O)OC. The molecular formula is C29H31N3O5. The first-order chi connectivity index (χ1) is 17.7. The van der Waals surface area contributed by atoms with Gasteiger partial charge in [0.15, 0.2) is 0 Å². The fraction of sp³-hybridized carbons (Fsp3) is 0.310. The average Bonchev–Trinajstić information content (AvgIpc) is 3.67. The van der Waals surface area contributed by atoms with Crippen molar-refractivity contribution in [2.45, 2.75) is 32.7 Å². The van der Waals surface area contributed by atoms with Crippen LogP contribution < -0.4 is 5.32 Å². The molecule has 2 aromatic carbocycles. The third kappa shape index (κ3) is 5.48. The molecule has 0 aromatic heterocycles. The number of methoxy groups -OCH3 is 1. The number of nitrogens with one attached hydrogen (secondary N) is 1. The molecule has 1 aliphatic heterocycles. The van der Waals surface area contributed by atoms with E-state index in [1.54, 1.807) is 12.1 Å². The largest absolute Gasteiger partial charge is 0.464 e. The summed E-state index contributed by atoms with van der Waals surface area (Å²) in [5, 5.41) is 2.31. The molecule has 1 saturated carbocycles. The second kappa shape index (κ2) is 10.8. The Labute approximate surface area is 216 Å². The zero-order valence-corrected chi connectivity index (χ0v) is 21.2. The van der Waals surface area contributed by atoms with Gasteiger partial charge >= 0.3 is 5.97 Å². The van der Waals surface area contributed by atoms with Crippen molar-refractivity contribution in [3.05, 3.63) is 83.7 Å². The fourth-order valence-electron chi connectivity index (χ4n) is 4.46. The average molecular weight is 502 g/mol. The number of esters is 1. The Bertz CT molecular complexity index is 1280. The maximum Gasteiger partial charge on any atom is 0.353 e. The van der Waals surface area contributed by atoms with Gasteiger partial charge in [0.1, 0.15) is 11.4 Å². The number of hydrogen-bond acceptors (Lipinski definition) is 5. The van der Waals surface area contributed by atoms with Crippen LogP contribution in [-0.4, -0.2) is 53.7 Å². The smallest absolute Gasteiger partial charge is 0.353 e. The summed E-state index contributed by atoms with van der Waals surface area (Å²) in [6, 6.07) is 12.8. The Morgan fingerprint density at radius 2 is 1.76 bits per heavy atom. The maximum absolute atomic E-state index is 13.1. The molecule has 1 fully saturated rings. The number of benzene rings is 2. The first-order valence-corrected chi connectivity index (χ1v) is 12.4. The first kappa shape index (κ1) is 25.9. The van der Waals surface area contributed by atoms with Crippen LogP contribution in [0.15, 0.2) is 67.0 Å². The van der Waals surface area contributed by atoms with Gasteiger partial charge in [-0.15, -0.1) is 0 Å². The quantitative estimate of drug-likeness (QED) is 0.394. The number of nitrogens with zero attached hydrogens (tertiary/aromatic N) is 2. The molecule has 37 heavy (non-hydrogen) atoms. The zero-order valence-electron chi connectivity index (χ0n) is 21.2. The summed E-state index contributed by atoms with van der Waals surface area (Å²) in [5.74, 6) is -1.20. The maximum atomic E-state index is 13.1. The lowest BCUT2D eigenvalue weighted by Crippen LogP contribution is -2.36. The van der Waals surface area contributed by atoms with Gasteiger partial charge in [-0.25, -0.2) is 4.79 Å². The molecule has 192 valence electrons. The van der Waals surface area contributed by atoms with E-state index in [1.807, 2.05) is 35.2 Å². The summed E-state index contributed by atoms with van der Waals surface area (Å²) in [7, 11) is 1.18.